The van der Waals surface area contributed by atoms with Crippen LogP contribution in [0.5, 0.6) is 0 Å². The van der Waals surface area contributed by atoms with Crippen LogP contribution in [0.1, 0.15) is 25.7 Å². The summed E-state index contributed by atoms with van der Waals surface area (Å²) in [7, 11) is 0. The molecule has 2 heterocycles. The van der Waals surface area contributed by atoms with Gasteiger partial charge in [-0.25, -0.2) is 13.6 Å². The number of rotatable bonds is 8. The Kier molecular flexibility index (Phi) is 7.82. The van der Waals surface area contributed by atoms with Crippen molar-refractivity contribution in [3.63, 3.8) is 0 Å². The number of hydrogen-bond donors (Lipinski definition) is 4. The Hall–Kier alpha value is -0.800. The van der Waals surface area contributed by atoms with Crippen LogP contribution in [0.3, 0.4) is 0 Å². The average Bonchev–Trinajstić information content (AvgIpc) is 3.01. The van der Waals surface area contributed by atoms with Crippen molar-refractivity contribution in [1.29, 1.82) is 0 Å². The molecule has 3 amide bonds. The summed E-state index contributed by atoms with van der Waals surface area (Å²) < 4.78 is 25.8. The van der Waals surface area contributed by atoms with E-state index in [2.05, 4.69) is 16.0 Å². The first kappa shape index (κ1) is 20.2. The van der Waals surface area contributed by atoms with E-state index in [1.165, 1.54) is 0 Å². The Morgan fingerprint density at radius 2 is 2.13 bits per heavy atom. The van der Waals surface area contributed by atoms with Gasteiger partial charge in [0.2, 0.25) is 5.91 Å². The fourth-order valence-corrected chi connectivity index (χ4v) is 4.21. The third-order valence-corrected chi connectivity index (χ3v) is 5.43. The number of carbonyl (C=O) groups is 2. The van der Waals surface area contributed by atoms with Gasteiger partial charge in [0.15, 0.2) is 0 Å². The lowest BCUT2D eigenvalue weighted by molar-refractivity contribution is -0.123. The number of thioether (sulfide) groups is 1. The largest absolute Gasteiger partial charge is 0.350 e. The number of unbranched alkanes of at least 4 members (excludes halogenated alkanes) is 1. The van der Waals surface area contributed by atoms with Crippen molar-refractivity contribution in [2.45, 2.75) is 48.9 Å². The number of hydrogen-bond acceptors (Lipinski definition) is 4. The highest BCUT2D eigenvalue weighted by atomic mass is 35.5. The summed E-state index contributed by atoms with van der Waals surface area (Å²) in [6.45, 7) is -1.48. The van der Waals surface area contributed by atoms with Crippen molar-refractivity contribution < 1.29 is 18.4 Å². The van der Waals surface area contributed by atoms with Crippen LogP contribution in [0.15, 0.2) is 0 Å². The van der Waals surface area contributed by atoms with Crippen LogP contribution < -0.4 is 21.7 Å². The van der Waals surface area contributed by atoms with E-state index in [0.717, 1.165) is 18.6 Å². The molecule has 23 heavy (non-hydrogen) atoms. The molecular formula is C13H23ClF2N4O2S. The van der Waals surface area contributed by atoms with Gasteiger partial charge in [0, 0.05) is 17.4 Å². The van der Waals surface area contributed by atoms with Crippen LogP contribution in [0.25, 0.3) is 0 Å². The molecule has 0 aromatic heterocycles. The molecule has 5 N–H and O–H groups in total. The topological polar surface area (TPSA) is 96.2 Å². The zero-order valence-electron chi connectivity index (χ0n) is 12.6. The number of nitrogens with one attached hydrogen (secondary N) is 3. The summed E-state index contributed by atoms with van der Waals surface area (Å²) >= 11 is 1.82. The smallest absolute Gasteiger partial charge is 0.315 e. The minimum absolute atomic E-state index is 0. The predicted octanol–water partition coefficient (Wildman–Crippen LogP) is 0.844. The molecule has 0 aromatic carbocycles. The van der Waals surface area contributed by atoms with E-state index in [0.29, 0.717) is 11.7 Å². The Balaban J connectivity index is 0.00000264. The van der Waals surface area contributed by atoms with Gasteiger partial charge < -0.3 is 21.7 Å². The average molecular weight is 373 g/mol. The minimum atomic E-state index is -3.04. The van der Waals surface area contributed by atoms with Crippen molar-refractivity contribution in [3.8, 4) is 0 Å². The second-order valence-electron chi connectivity index (χ2n) is 5.70. The molecule has 3 atom stereocenters. The minimum Gasteiger partial charge on any atom is -0.350 e. The maximum absolute atomic E-state index is 12.9. The standard InChI is InChI=1S/C13H22F2N4O2S.ClH/c14-13(15,6-16)7-17-10(20)4-2-1-3-9-11-8(5-22-9)18-12(21)19-11;/h8-9,11H,1-7,16H2,(H,17,20)(H2,18,19,21);1H/t8-,9-,11-;/m0./s1. The molecule has 0 aliphatic carbocycles. The molecule has 2 fully saturated rings. The first-order valence-corrected chi connectivity index (χ1v) is 8.49. The maximum atomic E-state index is 12.9. The molecule has 0 saturated carbocycles. The number of amides is 3. The van der Waals surface area contributed by atoms with E-state index >= 15 is 0 Å². The fourth-order valence-electron chi connectivity index (χ4n) is 2.66. The lowest BCUT2D eigenvalue weighted by atomic mass is 10.0. The lowest BCUT2D eigenvalue weighted by Gasteiger charge is -2.16. The molecule has 134 valence electrons. The van der Waals surface area contributed by atoms with E-state index in [4.69, 9.17) is 5.73 Å². The van der Waals surface area contributed by atoms with E-state index in [9.17, 15) is 18.4 Å². The van der Waals surface area contributed by atoms with Gasteiger partial charge in [0.05, 0.1) is 25.2 Å². The SMILES string of the molecule is Cl.NCC(F)(F)CNC(=O)CCCC[C@@H]1SC[C@@H]2NC(=O)N[C@@H]21. The highest BCUT2D eigenvalue weighted by Gasteiger charge is 2.42. The molecule has 0 spiro atoms. The Morgan fingerprint density at radius 1 is 1.39 bits per heavy atom. The van der Waals surface area contributed by atoms with Crippen LogP contribution in [0.4, 0.5) is 13.6 Å². The molecule has 0 aromatic rings. The molecule has 2 aliphatic heterocycles. The van der Waals surface area contributed by atoms with Crippen LogP contribution in [-0.4, -0.2) is 54.0 Å². The van der Waals surface area contributed by atoms with Crippen LogP contribution >= 0.6 is 24.2 Å². The van der Waals surface area contributed by atoms with Gasteiger partial charge in [0.25, 0.3) is 5.92 Å². The second-order valence-corrected chi connectivity index (χ2v) is 6.98. The predicted molar refractivity (Wildman–Crippen MR) is 88.2 cm³/mol. The molecule has 0 radical (unpaired) electrons. The van der Waals surface area contributed by atoms with Gasteiger partial charge in [-0.1, -0.05) is 6.42 Å². The summed E-state index contributed by atoms with van der Waals surface area (Å²) in [6, 6.07) is 0.249. The van der Waals surface area contributed by atoms with Crippen LogP contribution in [-0.2, 0) is 4.79 Å². The van der Waals surface area contributed by atoms with Crippen molar-refractivity contribution in [2.75, 3.05) is 18.8 Å². The van der Waals surface area contributed by atoms with Gasteiger partial charge in [0.1, 0.15) is 0 Å². The van der Waals surface area contributed by atoms with Crippen molar-refractivity contribution in [2.24, 2.45) is 5.73 Å². The molecule has 0 unspecified atom stereocenters. The summed E-state index contributed by atoms with van der Waals surface area (Å²) in [6.07, 6.45) is 2.62. The molecule has 2 rings (SSSR count). The maximum Gasteiger partial charge on any atom is 0.315 e. The quantitative estimate of drug-likeness (QED) is 0.375. The summed E-state index contributed by atoms with van der Waals surface area (Å²) in [5.74, 6) is -2.51. The number of urea groups is 1. The summed E-state index contributed by atoms with van der Waals surface area (Å²) in [4.78, 5) is 22.7. The normalized spacial score (nSPS) is 26.0. The van der Waals surface area contributed by atoms with Crippen LogP contribution in [0, 0.1) is 0 Å². The molecule has 0 bridgehead atoms. The number of carbonyl (C=O) groups excluding carboxylic acids is 2. The Labute approximate surface area is 144 Å². The van der Waals surface area contributed by atoms with Crippen molar-refractivity contribution in [3.05, 3.63) is 0 Å². The number of alkyl halides is 2. The van der Waals surface area contributed by atoms with E-state index in [-0.39, 0.29) is 42.8 Å². The van der Waals surface area contributed by atoms with Gasteiger partial charge >= 0.3 is 6.03 Å². The zero-order chi connectivity index (χ0) is 16.2. The Morgan fingerprint density at radius 3 is 2.83 bits per heavy atom. The third kappa shape index (κ3) is 5.96. The van der Waals surface area contributed by atoms with E-state index in [1.54, 1.807) is 0 Å². The third-order valence-electron chi connectivity index (χ3n) is 3.92. The summed E-state index contributed by atoms with van der Waals surface area (Å²) in [5.41, 5.74) is 4.90. The number of nitrogens with two attached hydrogens (primary N) is 1. The highest BCUT2D eigenvalue weighted by molar-refractivity contribution is 8.00. The lowest BCUT2D eigenvalue weighted by Crippen LogP contribution is -2.41. The van der Waals surface area contributed by atoms with Crippen molar-refractivity contribution in [1.82, 2.24) is 16.0 Å². The summed E-state index contributed by atoms with van der Waals surface area (Å²) in [5, 5.41) is 8.35. The fraction of sp³-hybridized carbons (Fsp3) is 0.846. The van der Waals surface area contributed by atoms with Gasteiger partial charge in [-0.2, -0.15) is 11.8 Å². The van der Waals surface area contributed by atoms with Gasteiger partial charge in [-0.3, -0.25) is 4.79 Å². The first-order valence-electron chi connectivity index (χ1n) is 7.44. The van der Waals surface area contributed by atoms with Crippen LogP contribution in [0.2, 0.25) is 0 Å². The second kappa shape index (κ2) is 8.89. The van der Waals surface area contributed by atoms with Gasteiger partial charge in [-0.15, -0.1) is 12.4 Å². The molecular weight excluding hydrogens is 350 g/mol. The van der Waals surface area contributed by atoms with Gasteiger partial charge in [-0.05, 0) is 12.8 Å². The van der Waals surface area contributed by atoms with Crippen molar-refractivity contribution >= 4 is 36.1 Å². The highest BCUT2D eigenvalue weighted by Crippen LogP contribution is 2.33. The number of fused-ring (bicyclic) bond motifs is 1. The molecule has 2 saturated heterocycles. The van der Waals surface area contributed by atoms with E-state index < -0.39 is 19.0 Å². The zero-order valence-corrected chi connectivity index (χ0v) is 14.3. The molecule has 10 heteroatoms. The number of halogens is 3. The molecule has 2 aliphatic rings. The first-order chi connectivity index (χ1) is 10.4. The Bertz CT molecular complexity index is 431. The van der Waals surface area contributed by atoms with E-state index in [1.807, 2.05) is 11.8 Å². The molecule has 6 nitrogen and oxygen atoms in total. The monoisotopic (exact) mass is 372 g/mol.